The average molecular weight is 529 g/mol. The minimum Gasteiger partial charge on any atom is -0.467 e. The summed E-state index contributed by atoms with van der Waals surface area (Å²) in [6.07, 6.45) is -2.56. The zero-order chi connectivity index (χ0) is 26.9. The molecule has 1 aliphatic heterocycles. The van der Waals surface area contributed by atoms with Crippen molar-refractivity contribution in [3.8, 4) is 5.88 Å². The van der Waals surface area contributed by atoms with Crippen LogP contribution in [0.1, 0.15) is 36.3 Å². The predicted molar refractivity (Wildman–Crippen MR) is 126 cm³/mol. The van der Waals surface area contributed by atoms with E-state index in [9.17, 15) is 27.2 Å². The summed E-state index contributed by atoms with van der Waals surface area (Å²) >= 11 is 1.10. The van der Waals surface area contributed by atoms with Gasteiger partial charge in [0.2, 0.25) is 11.8 Å². The number of hydrogen-bond acceptors (Lipinski definition) is 8. The molecule has 0 saturated carbocycles. The molecule has 2 atom stereocenters. The Balaban J connectivity index is 1.82. The number of ether oxygens (including phenoxy) is 1. The van der Waals surface area contributed by atoms with Crippen LogP contribution in [-0.2, 0) is 10.3 Å². The fraction of sp³-hybridized carbons (Fsp3) is 0.409. The van der Waals surface area contributed by atoms with Crippen molar-refractivity contribution in [3.63, 3.8) is 0 Å². The first-order valence-electron chi connectivity index (χ1n) is 10.5. The first-order chi connectivity index (χ1) is 16.6. The van der Waals surface area contributed by atoms with E-state index < -0.39 is 40.7 Å². The van der Waals surface area contributed by atoms with Gasteiger partial charge in [0.1, 0.15) is 16.3 Å². The third kappa shape index (κ3) is 6.22. The molecule has 1 aliphatic rings. The number of nitrogens with one attached hydrogen (secondary N) is 1. The lowest BCUT2D eigenvalue weighted by Crippen LogP contribution is -2.49. The third-order valence-corrected chi connectivity index (χ3v) is 6.35. The van der Waals surface area contributed by atoms with Crippen LogP contribution in [0.5, 0.6) is 5.88 Å². The molecule has 2 aromatic rings. The summed E-state index contributed by atoms with van der Waals surface area (Å²) in [4.78, 5) is 38.7. The summed E-state index contributed by atoms with van der Waals surface area (Å²) in [5.41, 5.74) is 4.93. The average Bonchev–Trinajstić information content (AvgIpc) is 2.77. The summed E-state index contributed by atoms with van der Waals surface area (Å²) in [5.74, 6) is -1.95. The van der Waals surface area contributed by atoms with Gasteiger partial charge in [0.05, 0.1) is 17.9 Å². The van der Waals surface area contributed by atoms with Crippen molar-refractivity contribution in [1.29, 1.82) is 0 Å². The van der Waals surface area contributed by atoms with E-state index in [-0.39, 0.29) is 34.4 Å². The maximum atomic E-state index is 15.0. The van der Waals surface area contributed by atoms with Gasteiger partial charge in [-0.3, -0.25) is 14.6 Å². The zero-order valence-electron chi connectivity index (χ0n) is 19.8. The van der Waals surface area contributed by atoms with Crippen LogP contribution in [0.4, 0.5) is 23.2 Å². The number of carbonyl (C=O) groups is 2. The molecule has 0 unspecified atom stereocenters. The standard InChI is InChI=1S/C22H24F4N6O3S/c1-20(10-21(2,18(34)32(3)4)36-19(27)31-20)13-7-12(5-6-14(13)23)30-17(33)15-8-29-16(9-28-15)35-11-22(24,25)26/h5-9H,10-11H2,1-4H3,(H2,27,31)(H,30,33)/t20-,21+/m0/s1. The number of thioether (sulfide) groups is 1. The Morgan fingerprint density at radius 2 is 1.92 bits per heavy atom. The molecule has 9 nitrogen and oxygen atoms in total. The van der Waals surface area contributed by atoms with Crippen LogP contribution in [0, 0.1) is 5.82 Å². The highest BCUT2D eigenvalue weighted by molar-refractivity contribution is 8.15. The van der Waals surface area contributed by atoms with Crippen molar-refractivity contribution in [1.82, 2.24) is 14.9 Å². The van der Waals surface area contributed by atoms with Crippen molar-refractivity contribution in [2.75, 3.05) is 26.0 Å². The summed E-state index contributed by atoms with van der Waals surface area (Å²) < 4.78 is 55.2. The zero-order valence-corrected chi connectivity index (χ0v) is 20.6. The molecular weight excluding hydrogens is 504 g/mol. The topological polar surface area (TPSA) is 123 Å². The molecule has 194 valence electrons. The monoisotopic (exact) mass is 528 g/mol. The van der Waals surface area contributed by atoms with Crippen LogP contribution in [0.25, 0.3) is 0 Å². The Hall–Kier alpha value is -3.42. The number of amidine groups is 1. The number of carbonyl (C=O) groups excluding carboxylic acids is 2. The highest BCUT2D eigenvalue weighted by atomic mass is 32.2. The molecule has 0 saturated heterocycles. The normalized spacial score (nSPS) is 21.9. The van der Waals surface area contributed by atoms with Crippen LogP contribution >= 0.6 is 11.8 Å². The predicted octanol–water partition coefficient (Wildman–Crippen LogP) is 3.32. The van der Waals surface area contributed by atoms with E-state index in [1.807, 2.05) is 0 Å². The SMILES string of the molecule is CN(C)C(=O)[C@@]1(C)C[C@@](C)(c2cc(NC(=O)c3cnc(OCC(F)(F)F)cn3)ccc2F)N=C(N)S1. The lowest BCUT2D eigenvalue weighted by atomic mass is 9.82. The van der Waals surface area contributed by atoms with Gasteiger partial charge < -0.3 is 20.7 Å². The number of benzene rings is 1. The second-order valence-corrected chi connectivity index (χ2v) is 10.2. The Labute approximate surface area is 208 Å². The highest BCUT2D eigenvalue weighted by Crippen LogP contribution is 2.46. The molecule has 0 bridgehead atoms. The van der Waals surface area contributed by atoms with E-state index in [1.54, 1.807) is 27.9 Å². The molecule has 14 heteroatoms. The van der Waals surface area contributed by atoms with Crippen LogP contribution in [0.2, 0.25) is 0 Å². The molecule has 2 heterocycles. The first-order valence-corrected chi connectivity index (χ1v) is 11.3. The summed E-state index contributed by atoms with van der Waals surface area (Å²) in [6.45, 7) is 1.81. The summed E-state index contributed by atoms with van der Waals surface area (Å²) in [6, 6.07) is 3.85. The number of anilines is 1. The lowest BCUT2D eigenvalue weighted by molar-refractivity contribution is -0.154. The molecule has 36 heavy (non-hydrogen) atoms. The number of aromatic nitrogens is 2. The van der Waals surface area contributed by atoms with E-state index in [0.717, 1.165) is 30.2 Å². The highest BCUT2D eigenvalue weighted by Gasteiger charge is 2.48. The Morgan fingerprint density at radius 3 is 2.50 bits per heavy atom. The van der Waals surface area contributed by atoms with Crippen molar-refractivity contribution in [2.45, 2.75) is 36.7 Å². The van der Waals surface area contributed by atoms with Crippen molar-refractivity contribution < 1.29 is 31.9 Å². The fourth-order valence-corrected chi connectivity index (χ4v) is 5.18. The molecule has 0 fully saturated rings. The van der Waals surface area contributed by atoms with Gasteiger partial charge in [-0.2, -0.15) is 13.2 Å². The molecule has 3 N–H and O–H groups in total. The lowest BCUT2D eigenvalue weighted by Gasteiger charge is -2.41. The van der Waals surface area contributed by atoms with Crippen molar-refractivity contribution in [3.05, 3.63) is 47.7 Å². The second-order valence-electron chi connectivity index (χ2n) is 8.73. The van der Waals surface area contributed by atoms with E-state index >= 15 is 0 Å². The number of rotatable bonds is 6. The Bertz CT molecular complexity index is 1190. The Kier molecular flexibility index (Phi) is 7.48. The molecule has 3 rings (SSSR count). The van der Waals surface area contributed by atoms with E-state index in [0.29, 0.717) is 0 Å². The number of nitrogens with two attached hydrogens (primary N) is 1. The molecular formula is C22H24F4N6O3S. The minimum atomic E-state index is -4.54. The van der Waals surface area contributed by atoms with E-state index in [2.05, 4.69) is 25.0 Å². The fourth-order valence-electron chi connectivity index (χ4n) is 3.85. The van der Waals surface area contributed by atoms with Gasteiger partial charge in [0.25, 0.3) is 5.91 Å². The second kappa shape index (κ2) is 9.91. The van der Waals surface area contributed by atoms with Crippen LogP contribution < -0.4 is 15.8 Å². The van der Waals surface area contributed by atoms with Gasteiger partial charge in [-0.05, 0) is 32.0 Å². The van der Waals surface area contributed by atoms with E-state index in [1.165, 1.54) is 17.0 Å². The van der Waals surface area contributed by atoms with Gasteiger partial charge in [0, 0.05) is 31.8 Å². The number of halogens is 4. The third-order valence-electron chi connectivity index (χ3n) is 5.28. The maximum Gasteiger partial charge on any atom is 0.422 e. The maximum absolute atomic E-state index is 15.0. The van der Waals surface area contributed by atoms with Gasteiger partial charge in [-0.15, -0.1) is 0 Å². The smallest absolute Gasteiger partial charge is 0.422 e. The molecule has 1 aromatic heterocycles. The van der Waals surface area contributed by atoms with Crippen molar-refractivity contribution >= 4 is 34.4 Å². The van der Waals surface area contributed by atoms with Crippen LogP contribution in [0.3, 0.4) is 0 Å². The van der Waals surface area contributed by atoms with Gasteiger partial charge in [0.15, 0.2) is 11.8 Å². The number of nitrogens with zero attached hydrogens (tertiary/aromatic N) is 4. The summed E-state index contributed by atoms with van der Waals surface area (Å²) in [5, 5.41) is 2.67. The number of aliphatic imine (C=N–C) groups is 1. The van der Waals surface area contributed by atoms with Gasteiger partial charge >= 0.3 is 6.18 Å². The van der Waals surface area contributed by atoms with Crippen LogP contribution in [0.15, 0.2) is 35.6 Å². The number of alkyl halides is 3. The van der Waals surface area contributed by atoms with Crippen molar-refractivity contribution in [2.24, 2.45) is 10.7 Å². The van der Waals surface area contributed by atoms with Gasteiger partial charge in [-0.1, -0.05) is 11.8 Å². The van der Waals surface area contributed by atoms with Gasteiger partial charge in [-0.25, -0.2) is 14.4 Å². The quantitative estimate of drug-likeness (QED) is 0.552. The number of hydrogen-bond donors (Lipinski definition) is 2. The van der Waals surface area contributed by atoms with Crippen LogP contribution in [-0.4, -0.2) is 63.5 Å². The van der Waals surface area contributed by atoms with E-state index in [4.69, 9.17) is 5.73 Å². The first kappa shape index (κ1) is 27.2. The minimum absolute atomic E-state index is 0.114. The molecule has 2 amide bonds. The Morgan fingerprint density at radius 1 is 1.22 bits per heavy atom. The molecule has 0 aliphatic carbocycles. The summed E-state index contributed by atoms with van der Waals surface area (Å²) in [7, 11) is 3.23. The number of amides is 2. The molecule has 0 spiro atoms. The molecule has 0 radical (unpaired) electrons. The largest absolute Gasteiger partial charge is 0.467 e. The molecule has 1 aromatic carbocycles.